The molecule has 92 valence electrons. The Labute approximate surface area is 95.6 Å². The Hall–Kier alpha value is -1.26. The lowest BCUT2D eigenvalue weighted by atomic mass is 9.80. The molecular formula is C11H20N2O3. The Morgan fingerprint density at radius 2 is 1.94 bits per heavy atom. The van der Waals surface area contributed by atoms with Gasteiger partial charge in [0.25, 0.3) is 0 Å². The maximum atomic E-state index is 11.5. The van der Waals surface area contributed by atoms with E-state index in [1.54, 1.807) is 6.92 Å². The Morgan fingerprint density at radius 3 is 2.38 bits per heavy atom. The van der Waals surface area contributed by atoms with E-state index in [1.165, 1.54) is 19.3 Å². The molecular weight excluding hydrogens is 208 g/mol. The van der Waals surface area contributed by atoms with Gasteiger partial charge in [-0.1, -0.05) is 6.42 Å². The van der Waals surface area contributed by atoms with Crippen molar-refractivity contribution in [2.75, 3.05) is 0 Å². The first kappa shape index (κ1) is 12.8. The number of hydrogen-bond acceptors (Lipinski definition) is 2. The van der Waals surface area contributed by atoms with Crippen molar-refractivity contribution in [3.63, 3.8) is 0 Å². The minimum Gasteiger partial charge on any atom is -0.481 e. The summed E-state index contributed by atoms with van der Waals surface area (Å²) in [6.07, 6.45) is 3.54. The summed E-state index contributed by atoms with van der Waals surface area (Å²) in [4.78, 5) is 21.9. The second-order valence-electron chi connectivity index (χ2n) is 4.60. The van der Waals surface area contributed by atoms with Crippen LogP contribution in [-0.2, 0) is 4.79 Å². The van der Waals surface area contributed by atoms with E-state index in [-0.39, 0.29) is 24.5 Å². The molecule has 0 aromatic rings. The van der Waals surface area contributed by atoms with Gasteiger partial charge in [-0.05, 0) is 32.6 Å². The minimum absolute atomic E-state index is 0.0504. The normalized spacial score (nSPS) is 19.4. The average molecular weight is 228 g/mol. The van der Waals surface area contributed by atoms with Crippen molar-refractivity contribution < 1.29 is 14.7 Å². The van der Waals surface area contributed by atoms with Gasteiger partial charge in [-0.2, -0.15) is 0 Å². The number of aliphatic carboxylic acids is 1. The van der Waals surface area contributed by atoms with E-state index >= 15 is 0 Å². The summed E-state index contributed by atoms with van der Waals surface area (Å²) < 4.78 is 0. The van der Waals surface area contributed by atoms with Crippen LogP contribution in [0.15, 0.2) is 0 Å². The molecule has 0 radical (unpaired) electrons. The predicted octanol–water partition coefficient (Wildman–Crippen LogP) is 1.34. The Bertz CT molecular complexity index is 264. The lowest BCUT2D eigenvalue weighted by molar-refractivity contribution is -0.137. The first-order chi connectivity index (χ1) is 7.49. The third-order valence-corrected chi connectivity index (χ3v) is 3.07. The van der Waals surface area contributed by atoms with Crippen LogP contribution in [0, 0.1) is 5.92 Å². The summed E-state index contributed by atoms with van der Waals surface area (Å²) in [7, 11) is 0. The van der Waals surface area contributed by atoms with Crippen molar-refractivity contribution in [2.24, 2.45) is 5.92 Å². The molecule has 0 aliphatic heterocycles. The number of carbonyl (C=O) groups is 2. The van der Waals surface area contributed by atoms with Gasteiger partial charge in [0, 0.05) is 12.1 Å². The standard InChI is InChI=1S/C11H20N2O3/c1-7(6-10(14)15)12-11(16)13-8(2)9-4-3-5-9/h7-9H,3-6H2,1-2H3,(H,14,15)(H2,12,13,16). The molecule has 1 aliphatic carbocycles. The van der Waals surface area contributed by atoms with Gasteiger partial charge < -0.3 is 15.7 Å². The molecule has 2 amide bonds. The lowest BCUT2D eigenvalue weighted by Gasteiger charge is -2.32. The highest BCUT2D eigenvalue weighted by Crippen LogP contribution is 2.29. The van der Waals surface area contributed by atoms with Crippen molar-refractivity contribution >= 4 is 12.0 Å². The van der Waals surface area contributed by atoms with Crippen LogP contribution in [-0.4, -0.2) is 29.2 Å². The van der Waals surface area contributed by atoms with Crippen LogP contribution in [0.1, 0.15) is 39.5 Å². The Morgan fingerprint density at radius 1 is 1.31 bits per heavy atom. The average Bonchev–Trinajstić information content (AvgIpc) is 1.96. The molecule has 16 heavy (non-hydrogen) atoms. The van der Waals surface area contributed by atoms with Gasteiger partial charge in [0.2, 0.25) is 0 Å². The van der Waals surface area contributed by atoms with Crippen molar-refractivity contribution in [3.05, 3.63) is 0 Å². The summed E-state index contributed by atoms with van der Waals surface area (Å²) in [5.41, 5.74) is 0. The second kappa shape index (κ2) is 5.72. The highest BCUT2D eigenvalue weighted by Gasteiger charge is 2.25. The number of urea groups is 1. The van der Waals surface area contributed by atoms with Gasteiger partial charge in [-0.25, -0.2) is 4.79 Å². The molecule has 0 saturated heterocycles. The van der Waals surface area contributed by atoms with Gasteiger partial charge in [-0.15, -0.1) is 0 Å². The van der Waals surface area contributed by atoms with E-state index in [9.17, 15) is 9.59 Å². The molecule has 1 aliphatic rings. The number of hydrogen-bond donors (Lipinski definition) is 3. The van der Waals surface area contributed by atoms with Crippen LogP contribution in [0.5, 0.6) is 0 Å². The van der Waals surface area contributed by atoms with E-state index in [2.05, 4.69) is 10.6 Å². The fourth-order valence-corrected chi connectivity index (χ4v) is 1.84. The van der Waals surface area contributed by atoms with E-state index in [4.69, 9.17) is 5.11 Å². The molecule has 1 saturated carbocycles. The smallest absolute Gasteiger partial charge is 0.315 e. The largest absolute Gasteiger partial charge is 0.481 e. The first-order valence-corrected chi connectivity index (χ1v) is 5.78. The summed E-state index contributed by atoms with van der Waals surface area (Å²) in [6, 6.07) is -0.440. The lowest BCUT2D eigenvalue weighted by Crippen LogP contribution is -2.48. The molecule has 0 bridgehead atoms. The summed E-state index contributed by atoms with van der Waals surface area (Å²) in [5.74, 6) is -0.319. The van der Waals surface area contributed by atoms with Crippen LogP contribution in [0.25, 0.3) is 0 Å². The van der Waals surface area contributed by atoms with Gasteiger partial charge >= 0.3 is 12.0 Å². The van der Waals surface area contributed by atoms with E-state index in [1.807, 2.05) is 6.92 Å². The molecule has 2 unspecified atom stereocenters. The SMILES string of the molecule is CC(CC(=O)O)NC(=O)NC(C)C1CCC1. The molecule has 0 aromatic carbocycles. The fraction of sp³-hybridized carbons (Fsp3) is 0.818. The van der Waals surface area contributed by atoms with E-state index in [0.717, 1.165) is 0 Å². The number of rotatable bonds is 5. The van der Waals surface area contributed by atoms with Crippen molar-refractivity contribution in [1.29, 1.82) is 0 Å². The molecule has 1 rings (SSSR count). The van der Waals surface area contributed by atoms with Crippen LogP contribution < -0.4 is 10.6 Å². The maximum Gasteiger partial charge on any atom is 0.315 e. The zero-order chi connectivity index (χ0) is 12.1. The topological polar surface area (TPSA) is 78.4 Å². The highest BCUT2D eigenvalue weighted by atomic mass is 16.4. The first-order valence-electron chi connectivity index (χ1n) is 5.78. The molecule has 0 heterocycles. The number of carbonyl (C=O) groups excluding carboxylic acids is 1. The summed E-state index contributed by atoms with van der Waals surface area (Å²) in [5, 5.41) is 14.0. The third kappa shape index (κ3) is 4.08. The molecule has 5 nitrogen and oxygen atoms in total. The van der Waals surface area contributed by atoms with Gasteiger partial charge in [0.05, 0.1) is 6.42 Å². The Balaban J connectivity index is 2.21. The second-order valence-corrected chi connectivity index (χ2v) is 4.60. The molecule has 1 fully saturated rings. The predicted molar refractivity (Wildman–Crippen MR) is 60.2 cm³/mol. The molecule has 0 aromatic heterocycles. The third-order valence-electron chi connectivity index (χ3n) is 3.07. The summed E-state index contributed by atoms with van der Waals surface area (Å²) in [6.45, 7) is 3.67. The van der Waals surface area contributed by atoms with Crippen LogP contribution in [0.3, 0.4) is 0 Å². The number of carboxylic acids is 1. The monoisotopic (exact) mass is 228 g/mol. The van der Waals surface area contributed by atoms with Gasteiger partial charge in [-0.3, -0.25) is 4.79 Å². The summed E-state index contributed by atoms with van der Waals surface area (Å²) >= 11 is 0. The molecule has 5 heteroatoms. The molecule has 2 atom stereocenters. The van der Waals surface area contributed by atoms with Crippen LogP contribution in [0.2, 0.25) is 0 Å². The number of amides is 2. The van der Waals surface area contributed by atoms with Gasteiger partial charge in [0.1, 0.15) is 0 Å². The van der Waals surface area contributed by atoms with E-state index < -0.39 is 5.97 Å². The number of carboxylic acid groups (broad SMARTS) is 1. The highest BCUT2D eigenvalue weighted by molar-refractivity contribution is 5.75. The maximum absolute atomic E-state index is 11.5. The van der Waals surface area contributed by atoms with Crippen molar-refractivity contribution in [3.8, 4) is 0 Å². The van der Waals surface area contributed by atoms with E-state index in [0.29, 0.717) is 5.92 Å². The quantitative estimate of drug-likeness (QED) is 0.664. The van der Waals surface area contributed by atoms with Crippen LogP contribution in [0.4, 0.5) is 4.79 Å². The number of nitrogens with one attached hydrogen (secondary N) is 2. The molecule has 0 spiro atoms. The fourth-order valence-electron chi connectivity index (χ4n) is 1.84. The minimum atomic E-state index is -0.903. The molecule has 3 N–H and O–H groups in total. The van der Waals surface area contributed by atoms with Crippen LogP contribution >= 0.6 is 0 Å². The van der Waals surface area contributed by atoms with Crippen molar-refractivity contribution in [2.45, 2.75) is 51.6 Å². The zero-order valence-corrected chi connectivity index (χ0v) is 9.82. The van der Waals surface area contributed by atoms with Gasteiger partial charge in [0.15, 0.2) is 0 Å². The zero-order valence-electron chi connectivity index (χ0n) is 9.82. The van der Waals surface area contributed by atoms with Crippen molar-refractivity contribution in [1.82, 2.24) is 10.6 Å². The Kier molecular flexibility index (Phi) is 4.58.